The first-order valence-electron chi connectivity index (χ1n) is 6.18. The highest BCUT2D eigenvalue weighted by atomic mass is 14.7. The molecular formula is C15H18N2. The number of hydrogen-bond acceptors (Lipinski definition) is 2. The zero-order chi connectivity index (χ0) is 12.0. The molecule has 2 unspecified atom stereocenters. The zero-order valence-electron chi connectivity index (χ0n) is 10.4. The lowest BCUT2D eigenvalue weighted by Crippen LogP contribution is -2.15. The van der Waals surface area contributed by atoms with E-state index in [0.29, 0.717) is 11.3 Å². The van der Waals surface area contributed by atoms with Crippen LogP contribution in [0.1, 0.15) is 31.9 Å². The number of benzene rings is 1. The summed E-state index contributed by atoms with van der Waals surface area (Å²) in [4.78, 5) is 4.16. The zero-order valence-corrected chi connectivity index (χ0v) is 10.4. The molecule has 1 fully saturated rings. The third-order valence-electron chi connectivity index (χ3n) is 4.10. The molecule has 1 saturated carbocycles. The van der Waals surface area contributed by atoms with Crippen molar-refractivity contribution in [2.24, 2.45) is 17.1 Å². The molecule has 0 amide bonds. The van der Waals surface area contributed by atoms with E-state index in [9.17, 15) is 0 Å². The summed E-state index contributed by atoms with van der Waals surface area (Å²) in [6, 6.07) is 8.54. The van der Waals surface area contributed by atoms with Gasteiger partial charge in [-0.3, -0.25) is 4.98 Å². The Bertz CT molecular complexity index is 554. The number of fused-ring (bicyclic) bond motifs is 1. The second-order valence-corrected chi connectivity index (χ2v) is 5.77. The Morgan fingerprint density at radius 2 is 2.12 bits per heavy atom. The van der Waals surface area contributed by atoms with Gasteiger partial charge in [0.2, 0.25) is 0 Å². The van der Waals surface area contributed by atoms with Crippen LogP contribution in [-0.2, 0) is 0 Å². The van der Waals surface area contributed by atoms with Crippen LogP contribution in [0, 0.1) is 11.3 Å². The van der Waals surface area contributed by atoms with E-state index in [0.717, 1.165) is 0 Å². The Morgan fingerprint density at radius 3 is 2.82 bits per heavy atom. The average molecular weight is 226 g/mol. The average Bonchev–Trinajstić information content (AvgIpc) is 2.97. The van der Waals surface area contributed by atoms with Crippen LogP contribution >= 0.6 is 0 Å². The van der Waals surface area contributed by atoms with Gasteiger partial charge in [0, 0.05) is 23.8 Å². The fourth-order valence-electron chi connectivity index (χ4n) is 2.78. The highest BCUT2D eigenvalue weighted by Gasteiger charge is 2.49. The lowest BCUT2D eigenvalue weighted by molar-refractivity contribution is 0.493. The van der Waals surface area contributed by atoms with Gasteiger partial charge in [-0.2, -0.15) is 0 Å². The van der Waals surface area contributed by atoms with Crippen LogP contribution in [0.4, 0.5) is 0 Å². The molecule has 88 valence electrons. The molecule has 0 spiro atoms. The standard InChI is InChI=1S/C15H18N2/c1-15(2)8-13(15)14(16)12-5-3-4-10-9-17-7-6-11(10)12/h3-7,9,13-14H,8,16H2,1-2H3. The molecule has 1 heterocycles. The van der Waals surface area contributed by atoms with Crippen LogP contribution in [0.25, 0.3) is 10.8 Å². The SMILES string of the molecule is CC1(C)CC1C(N)c1cccc2cnccc12. The summed E-state index contributed by atoms with van der Waals surface area (Å²) in [6.45, 7) is 4.59. The topological polar surface area (TPSA) is 38.9 Å². The third kappa shape index (κ3) is 1.73. The maximum atomic E-state index is 6.42. The highest BCUT2D eigenvalue weighted by molar-refractivity contribution is 5.85. The smallest absolute Gasteiger partial charge is 0.0346 e. The van der Waals surface area contributed by atoms with Crippen molar-refractivity contribution in [3.8, 4) is 0 Å². The van der Waals surface area contributed by atoms with Crippen LogP contribution in [0.3, 0.4) is 0 Å². The van der Waals surface area contributed by atoms with Crippen molar-refractivity contribution in [1.29, 1.82) is 0 Å². The second kappa shape index (κ2) is 3.54. The monoisotopic (exact) mass is 226 g/mol. The molecule has 2 aromatic rings. The summed E-state index contributed by atoms with van der Waals surface area (Å²) in [6.07, 6.45) is 4.98. The number of aromatic nitrogens is 1. The maximum absolute atomic E-state index is 6.42. The van der Waals surface area contributed by atoms with Crippen molar-refractivity contribution in [2.75, 3.05) is 0 Å². The molecule has 0 radical (unpaired) electrons. The van der Waals surface area contributed by atoms with E-state index in [1.807, 2.05) is 12.4 Å². The first-order valence-corrected chi connectivity index (χ1v) is 6.18. The Hall–Kier alpha value is -1.41. The Labute approximate surface area is 102 Å². The van der Waals surface area contributed by atoms with E-state index in [-0.39, 0.29) is 6.04 Å². The number of nitrogens with two attached hydrogens (primary N) is 1. The quantitative estimate of drug-likeness (QED) is 0.853. The Morgan fingerprint density at radius 1 is 1.35 bits per heavy atom. The van der Waals surface area contributed by atoms with Crippen molar-refractivity contribution in [3.05, 3.63) is 42.2 Å². The van der Waals surface area contributed by atoms with Gasteiger partial charge in [-0.25, -0.2) is 0 Å². The molecule has 17 heavy (non-hydrogen) atoms. The minimum Gasteiger partial charge on any atom is -0.324 e. The predicted octanol–water partition coefficient (Wildman–Crippen LogP) is 3.28. The Balaban J connectivity index is 2.06. The molecule has 1 aromatic heterocycles. The molecule has 3 rings (SSSR count). The third-order valence-corrected chi connectivity index (χ3v) is 4.10. The van der Waals surface area contributed by atoms with Gasteiger partial charge in [-0.05, 0) is 34.8 Å². The summed E-state index contributed by atoms with van der Waals surface area (Å²) in [5.74, 6) is 0.612. The number of rotatable bonds is 2. The number of hydrogen-bond donors (Lipinski definition) is 1. The van der Waals surface area contributed by atoms with Gasteiger partial charge in [0.1, 0.15) is 0 Å². The fraction of sp³-hybridized carbons (Fsp3) is 0.400. The minimum absolute atomic E-state index is 0.149. The summed E-state index contributed by atoms with van der Waals surface area (Å²) in [5, 5.41) is 2.43. The van der Waals surface area contributed by atoms with E-state index >= 15 is 0 Å². The molecule has 1 aromatic carbocycles. The lowest BCUT2D eigenvalue weighted by Gasteiger charge is -2.16. The van der Waals surface area contributed by atoms with Crippen LogP contribution in [0.15, 0.2) is 36.7 Å². The molecule has 1 aliphatic rings. The van der Waals surface area contributed by atoms with Gasteiger partial charge in [0.05, 0.1) is 0 Å². The largest absolute Gasteiger partial charge is 0.324 e. The van der Waals surface area contributed by atoms with Gasteiger partial charge in [0.25, 0.3) is 0 Å². The second-order valence-electron chi connectivity index (χ2n) is 5.77. The van der Waals surface area contributed by atoms with Crippen molar-refractivity contribution < 1.29 is 0 Å². The number of nitrogens with zero attached hydrogens (tertiary/aromatic N) is 1. The van der Waals surface area contributed by atoms with Crippen LogP contribution < -0.4 is 5.73 Å². The summed E-state index contributed by atoms with van der Waals surface area (Å²) in [5.41, 5.74) is 8.10. The number of pyridine rings is 1. The summed E-state index contributed by atoms with van der Waals surface area (Å²) >= 11 is 0. The van der Waals surface area contributed by atoms with Crippen molar-refractivity contribution >= 4 is 10.8 Å². The molecular weight excluding hydrogens is 208 g/mol. The molecule has 0 bridgehead atoms. The predicted molar refractivity (Wildman–Crippen MR) is 70.6 cm³/mol. The van der Waals surface area contributed by atoms with Crippen LogP contribution in [0.2, 0.25) is 0 Å². The van der Waals surface area contributed by atoms with Crippen molar-refractivity contribution in [3.63, 3.8) is 0 Å². The van der Waals surface area contributed by atoms with E-state index in [4.69, 9.17) is 5.73 Å². The molecule has 2 atom stereocenters. The van der Waals surface area contributed by atoms with Gasteiger partial charge in [0.15, 0.2) is 0 Å². The molecule has 2 N–H and O–H groups in total. The molecule has 2 heteroatoms. The normalized spacial score (nSPS) is 23.6. The molecule has 0 aliphatic heterocycles. The van der Waals surface area contributed by atoms with Crippen LogP contribution in [-0.4, -0.2) is 4.98 Å². The summed E-state index contributed by atoms with van der Waals surface area (Å²) < 4.78 is 0. The minimum atomic E-state index is 0.149. The van der Waals surface area contributed by atoms with Gasteiger partial charge < -0.3 is 5.73 Å². The first kappa shape index (κ1) is 10.7. The molecule has 2 nitrogen and oxygen atoms in total. The van der Waals surface area contributed by atoms with Gasteiger partial charge in [-0.15, -0.1) is 0 Å². The molecule has 0 saturated heterocycles. The van der Waals surface area contributed by atoms with Crippen molar-refractivity contribution in [1.82, 2.24) is 4.98 Å². The highest BCUT2D eigenvalue weighted by Crippen LogP contribution is 2.57. The van der Waals surface area contributed by atoms with Gasteiger partial charge in [-0.1, -0.05) is 32.0 Å². The summed E-state index contributed by atoms with van der Waals surface area (Å²) in [7, 11) is 0. The fourth-order valence-corrected chi connectivity index (χ4v) is 2.78. The van der Waals surface area contributed by atoms with Crippen LogP contribution in [0.5, 0.6) is 0 Å². The molecule has 1 aliphatic carbocycles. The van der Waals surface area contributed by atoms with E-state index in [1.54, 1.807) is 0 Å². The van der Waals surface area contributed by atoms with E-state index in [2.05, 4.69) is 43.1 Å². The maximum Gasteiger partial charge on any atom is 0.0346 e. The van der Waals surface area contributed by atoms with E-state index < -0.39 is 0 Å². The van der Waals surface area contributed by atoms with Crippen molar-refractivity contribution in [2.45, 2.75) is 26.3 Å². The first-order chi connectivity index (χ1) is 8.09. The van der Waals surface area contributed by atoms with Gasteiger partial charge >= 0.3 is 0 Å². The lowest BCUT2D eigenvalue weighted by atomic mass is 9.94. The van der Waals surface area contributed by atoms with E-state index in [1.165, 1.54) is 22.8 Å². The Kier molecular flexibility index (Phi) is 2.23.